The predicted octanol–water partition coefficient (Wildman–Crippen LogP) is 3.52. The second-order valence-electron chi connectivity index (χ2n) is 6.89. The quantitative estimate of drug-likeness (QED) is 0.655. The minimum Gasteiger partial charge on any atom is -0.353 e. The number of thioether (sulfide) groups is 1. The molecule has 25 heavy (non-hydrogen) atoms. The molecule has 0 unspecified atom stereocenters. The Morgan fingerprint density at radius 2 is 2.00 bits per heavy atom. The molecule has 2 aromatic rings. The van der Waals surface area contributed by atoms with Crippen LogP contribution in [-0.4, -0.2) is 27.3 Å². The summed E-state index contributed by atoms with van der Waals surface area (Å²) < 4.78 is 1.84. The number of carbonyl (C=O) groups is 1. The zero-order valence-electron chi connectivity index (χ0n) is 14.8. The topological polar surface area (TPSA) is 64.0 Å². The Balaban J connectivity index is 1.96. The largest absolute Gasteiger partial charge is 0.353 e. The predicted molar refractivity (Wildman–Crippen MR) is 102 cm³/mol. The van der Waals surface area contributed by atoms with Crippen molar-refractivity contribution in [2.45, 2.75) is 63.2 Å². The fourth-order valence-corrected chi connectivity index (χ4v) is 4.26. The standard InChI is InChI=1S/C19H25N3O2S/c1-13(2)20-17(23)12-25-19-21-16-11-7-6-10-15(16)18(24)22(19)14-8-4-3-5-9-14/h6-7,10-11,13-14H,3-5,8-9,12H2,1-2H3,(H,20,23). The highest BCUT2D eigenvalue weighted by Crippen LogP contribution is 2.30. The van der Waals surface area contributed by atoms with E-state index in [4.69, 9.17) is 4.98 Å². The van der Waals surface area contributed by atoms with E-state index in [2.05, 4.69) is 5.32 Å². The highest BCUT2D eigenvalue weighted by atomic mass is 32.2. The van der Waals surface area contributed by atoms with Crippen LogP contribution in [0.25, 0.3) is 10.9 Å². The van der Waals surface area contributed by atoms with Crippen molar-refractivity contribution < 1.29 is 4.79 Å². The summed E-state index contributed by atoms with van der Waals surface area (Å²) in [7, 11) is 0. The fraction of sp³-hybridized carbons (Fsp3) is 0.526. The number of hydrogen-bond donors (Lipinski definition) is 1. The van der Waals surface area contributed by atoms with Gasteiger partial charge in [0.05, 0.1) is 16.7 Å². The number of benzene rings is 1. The number of aromatic nitrogens is 2. The van der Waals surface area contributed by atoms with Gasteiger partial charge in [0.1, 0.15) is 0 Å². The summed E-state index contributed by atoms with van der Waals surface area (Å²) in [6.45, 7) is 3.88. The fourth-order valence-electron chi connectivity index (χ4n) is 3.38. The number of amides is 1. The average molecular weight is 359 g/mol. The van der Waals surface area contributed by atoms with Crippen LogP contribution in [0.1, 0.15) is 52.0 Å². The Hall–Kier alpha value is -1.82. The summed E-state index contributed by atoms with van der Waals surface area (Å²) >= 11 is 1.36. The molecule has 6 heteroatoms. The second-order valence-corrected chi connectivity index (χ2v) is 7.83. The lowest BCUT2D eigenvalue weighted by Gasteiger charge is -2.26. The molecule has 0 bridgehead atoms. The molecular formula is C19H25N3O2S. The number of rotatable bonds is 5. The highest BCUT2D eigenvalue weighted by molar-refractivity contribution is 7.99. The highest BCUT2D eigenvalue weighted by Gasteiger charge is 2.22. The Morgan fingerprint density at radius 3 is 2.72 bits per heavy atom. The van der Waals surface area contributed by atoms with Gasteiger partial charge in [0.15, 0.2) is 5.16 Å². The number of hydrogen-bond acceptors (Lipinski definition) is 4. The lowest BCUT2D eigenvalue weighted by molar-refractivity contribution is -0.119. The van der Waals surface area contributed by atoms with Crippen LogP contribution in [-0.2, 0) is 4.79 Å². The van der Waals surface area contributed by atoms with Crippen LogP contribution >= 0.6 is 11.8 Å². The van der Waals surface area contributed by atoms with Gasteiger partial charge in [0, 0.05) is 12.1 Å². The first kappa shape index (κ1) is 18.0. The van der Waals surface area contributed by atoms with Gasteiger partial charge in [0.25, 0.3) is 5.56 Å². The van der Waals surface area contributed by atoms with E-state index in [0.717, 1.165) is 25.7 Å². The van der Waals surface area contributed by atoms with Gasteiger partial charge in [-0.05, 0) is 38.8 Å². The Bertz CT molecular complexity index is 810. The van der Waals surface area contributed by atoms with Crippen LogP contribution in [0.3, 0.4) is 0 Å². The van der Waals surface area contributed by atoms with Crippen LogP contribution in [0.5, 0.6) is 0 Å². The van der Waals surface area contributed by atoms with Gasteiger partial charge in [-0.2, -0.15) is 0 Å². The molecule has 1 N–H and O–H groups in total. The molecule has 1 fully saturated rings. The van der Waals surface area contributed by atoms with Crippen molar-refractivity contribution in [3.8, 4) is 0 Å². The van der Waals surface area contributed by atoms with E-state index >= 15 is 0 Å². The van der Waals surface area contributed by atoms with Crippen LogP contribution in [0.15, 0.2) is 34.2 Å². The van der Waals surface area contributed by atoms with E-state index < -0.39 is 0 Å². The van der Waals surface area contributed by atoms with Crippen LogP contribution in [0.4, 0.5) is 0 Å². The van der Waals surface area contributed by atoms with Crippen LogP contribution in [0, 0.1) is 0 Å². The molecule has 1 aromatic carbocycles. The lowest BCUT2D eigenvalue weighted by atomic mass is 9.95. The molecule has 1 aromatic heterocycles. The van der Waals surface area contributed by atoms with Gasteiger partial charge in [-0.1, -0.05) is 43.2 Å². The number of carbonyl (C=O) groups excluding carboxylic acids is 1. The van der Waals surface area contributed by atoms with Gasteiger partial charge in [0.2, 0.25) is 5.91 Å². The normalized spacial score (nSPS) is 15.6. The van der Waals surface area contributed by atoms with Gasteiger partial charge in [-0.3, -0.25) is 14.2 Å². The third kappa shape index (κ3) is 4.24. The average Bonchev–Trinajstić information content (AvgIpc) is 2.60. The van der Waals surface area contributed by atoms with Crippen molar-refractivity contribution in [3.05, 3.63) is 34.6 Å². The molecule has 0 spiro atoms. The molecule has 1 saturated carbocycles. The minimum atomic E-state index is -0.0300. The lowest BCUT2D eigenvalue weighted by Crippen LogP contribution is -2.32. The SMILES string of the molecule is CC(C)NC(=O)CSc1nc2ccccc2c(=O)n1C1CCCCC1. The zero-order chi connectivity index (χ0) is 17.8. The molecule has 3 rings (SSSR count). The summed E-state index contributed by atoms with van der Waals surface area (Å²) in [4.78, 5) is 29.8. The van der Waals surface area contributed by atoms with Crippen molar-refractivity contribution in [2.75, 3.05) is 5.75 Å². The maximum atomic E-state index is 13.1. The van der Waals surface area contributed by atoms with Crippen molar-refractivity contribution in [3.63, 3.8) is 0 Å². The maximum absolute atomic E-state index is 13.1. The molecule has 1 amide bonds. The first-order chi connectivity index (χ1) is 12.1. The monoisotopic (exact) mass is 359 g/mol. The molecule has 134 valence electrons. The molecule has 0 atom stereocenters. The number of nitrogens with one attached hydrogen (secondary N) is 1. The third-order valence-corrected chi connectivity index (χ3v) is 5.45. The smallest absolute Gasteiger partial charge is 0.262 e. The van der Waals surface area contributed by atoms with Gasteiger partial charge < -0.3 is 5.32 Å². The Morgan fingerprint density at radius 1 is 1.28 bits per heavy atom. The van der Waals surface area contributed by atoms with E-state index in [1.807, 2.05) is 42.7 Å². The van der Waals surface area contributed by atoms with Crippen molar-refractivity contribution in [1.29, 1.82) is 0 Å². The molecule has 0 radical (unpaired) electrons. The first-order valence-electron chi connectivity index (χ1n) is 8.99. The molecule has 0 aliphatic heterocycles. The van der Waals surface area contributed by atoms with E-state index in [9.17, 15) is 9.59 Å². The second kappa shape index (κ2) is 8.04. The van der Waals surface area contributed by atoms with Crippen LogP contribution in [0.2, 0.25) is 0 Å². The zero-order valence-corrected chi connectivity index (χ0v) is 15.6. The van der Waals surface area contributed by atoms with Gasteiger partial charge >= 0.3 is 0 Å². The molecule has 1 aliphatic carbocycles. The Labute approximate surface area is 152 Å². The summed E-state index contributed by atoms with van der Waals surface area (Å²) in [5, 5.41) is 4.21. The summed E-state index contributed by atoms with van der Waals surface area (Å²) in [5.41, 5.74) is 0.718. The van der Waals surface area contributed by atoms with E-state index in [1.165, 1.54) is 18.2 Å². The molecule has 5 nitrogen and oxygen atoms in total. The molecular weight excluding hydrogens is 334 g/mol. The van der Waals surface area contributed by atoms with Crippen molar-refractivity contribution >= 4 is 28.6 Å². The summed E-state index contributed by atoms with van der Waals surface area (Å²) in [6, 6.07) is 7.76. The van der Waals surface area contributed by atoms with Gasteiger partial charge in [-0.15, -0.1) is 0 Å². The Kier molecular flexibility index (Phi) is 5.78. The van der Waals surface area contributed by atoms with Crippen molar-refractivity contribution in [2.24, 2.45) is 0 Å². The summed E-state index contributed by atoms with van der Waals surface area (Å²) in [6.07, 6.45) is 5.52. The number of para-hydroxylation sites is 1. The summed E-state index contributed by atoms with van der Waals surface area (Å²) in [5.74, 6) is 0.243. The van der Waals surface area contributed by atoms with Crippen LogP contribution < -0.4 is 10.9 Å². The van der Waals surface area contributed by atoms with E-state index in [1.54, 1.807) is 0 Å². The molecule has 1 heterocycles. The number of fused-ring (bicyclic) bond motifs is 1. The molecule has 0 saturated heterocycles. The first-order valence-corrected chi connectivity index (χ1v) is 9.98. The molecule has 1 aliphatic rings. The van der Waals surface area contributed by atoms with E-state index in [-0.39, 0.29) is 29.3 Å². The maximum Gasteiger partial charge on any atom is 0.262 e. The van der Waals surface area contributed by atoms with Crippen molar-refractivity contribution in [1.82, 2.24) is 14.9 Å². The minimum absolute atomic E-state index is 0.0178. The van der Waals surface area contributed by atoms with E-state index in [0.29, 0.717) is 16.1 Å². The number of nitrogens with zero attached hydrogens (tertiary/aromatic N) is 2. The third-order valence-electron chi connectivity index (χ3n) is 4.50. The van der Waals surface area contributed by atoms with Gasteiger partial charge in [-0.25, -0.2) is 4.98 Å².